The molecule has 0 fully saturated rings. The number of sulfone groups is 1. The molecule has 6 nitrogen and oxygen atoms in total. The molecule has 0 heterocycles. The highest BCUT2D eigenvalue weighted by Crippen LogP contribution is 2.13. The van der Waals surface area contributed by atoms with Gasteiger partial charge in [-0.3, -0.25) is 9.59 Å². The lowest BCUT2D eigenvalue weighted by atomic mass is 10.4. The standard InChI is InChI=1S/C14H18FNO5S/c1-10(2)16-13(17)9-21-14(18)7-8-22(19,20)12-5-3-11(15)4-6-12/h3-6,10H,7-9H2,1-2H3,(H,16,17). The van der Waals surface area contributed by atoms with Crippen LogP contribution in [0.1, 0.15) is 20.3 Å². The molecule has 1 aromatic carbocycles. The highest BCUT2D eigenvalue weighted by atomic mass is 32.2. The van der Waals surface area contributed by atoms with Gasteiger partial charge in [0.15, 0.2) is 16.4 Å². The smallest absolute Gasteiger partial charge is 0.307 e. The lowest BCUT2D eigenvalue weighted by Gasteiger charge is -2.09. The van der Waals surface area contributed by atoms with Gasteiger partial charge in [0, 0.05) is 6.04 Å². The molecule has 1 N–H and O–H groups in total. The molecular formula is C14H18FNO5S. The van der Waals surface area contributed by atoms with Crippen molar-refractivity contribution in [3.05, 3.63) is 30.1 Å². The zero-order chi connectivity index (χ0) is 16.8. The molecule has 0 spiro atoms. The molecule has 0 aliphatic carbocycles. The van der Waals surface area contributed by atoms with Gasteiger partial charge >= 0.3 is 5.97 Å². The van der Waals surface area contributed by atoms with E-state index in [0.29, 0.717) is 0 Å². The van der Waals surface area contributed by atoms with Gasteiger partial charge in [0.2, 0.25) is 0 Å². The Kier molecular flexibility index (Phi) is 6.48. The van der Waals surface area contributed by atoms with Crippen molar-refractivity contribution in [1.82, 2.24) is 5.32 Å². The van der Waals surface area contributed by atoms with E-state index in [4.69, 9.17) is 0 Å². The van der Waals surface area contributed by atoms with E-state index in [9.17, 15) is 22.4 Å². The molecule has 0 aliphatic rings. The third-order valence-electron chi connectivity index (χ3n) is 2.56. The third-order valence-corrected chi connectivity index (χ3v) is 4.29. The first-order valence-corrected chi connectivity index (χ1v) is 8.29. The van der Waals surface area contributed by atoms with Gasteiger partial charge in [0.1, 0.15) is 5.82 Å². The maximum atomic E-state index is 12.7. The van der Waals surface area contributed by atoms with Gasteiger partial charge < -0.3 is 10.1 Å². The minimum Gasteiger partial charge on any atom is -0.456 e. The van der Waals surface area contributed by atoms with Crippen LogP contribution in [0.3, 0.4) is 0 Å². The van der Waals surface area contributed by atoms with Crippen molar-refractivity contribution < 1.29 is 27.1 Å². The Morgan fingerprint density at radius 2 is 1.82 bits per heavy atom. The Balaban J connectivity index is 2.46. The second kappa shape index (κ2) is 7.88. The lowest BCUT2D eigenvalue weighted by Crippen LogP contribution is -2.34. The normalized spacial score (nSPS) is 11.3. The number of hydrogen-bond acceptors (Lipinski definition) is 5. The van der Waals surface area contributed by atoms with Crippen LogP contribution in [-0.4, -0.2) is 38.7 Å². The highest BCUT2D eigenvalue weighted by molar-refractivity contribution is 7.91. The summed E-state index contributed by atoms with van der Waals surface area (Å²) in [6.45, 7) is 3.07. The van der Waals surface area contributed by atoms with Gasteiger partial charge in [-0.25, -0.2) is 12.8 Å². The molecule has 122 valence electrons. The van der Waals surface area contributed by atoms with Crippen molar-refractivity contribution >= 4 is 21.7 Å². The second-order valence-electron chi connectivity index (χ2n) is 4.91. The predicted molar refractivity (Wildman–Crippen MR) is 77.3 cm³/mol. The van der Waals surface area contributed by atoms with Crippen LogP contribution in [0.2, 0.25) is 0 Å². The van der Waals surface area contributed by atoms with Crippen LogP contribution in [0, 0.1) is 5.82 Å². The van der Waals surface area contributed by atoms with Gasteiger partial charge in [-0.05, 0) is 38.1 Å². The molecule has 1 aromatic rings. The van der Waals surface area contributed by atoms with E-state index >= 15 is 0 Å². The number of rotatable bonds is 7. The molecule has 0 aliphatic heterocycles. The first-order chi connectivity index (χ1) is 10.2. The second-order valence-corrected chi connectivity index (χ2v) is 7.01. The maximum absolute atomic E-state index is 12.7. The summed E-state index contributed by atoms with van der Waals surface area (Å²) in [5.41, 5.74) is 0. The van der Waals surface area contributed by atoms with Crippen molar-refractivity contribution in [3.8, 4) is 0 Å². The number of benzene rings is 1. The molecule has 0 aromatic heterocycles. The average Bonchev–Trinajstić information content (AvgIpc) is 2.43. The molecule has 1 rings (SSSR count). The fourth-order valence-corrected chi connectivity index (χ4v) is 2.78. The van der Waals surface area contributed by atoms with Gasteiger partial charge in [-0.2, -0.15) is 0 Å². The summed E-state index contributed by atoms with van der Waals surface area (Å²) in [5.74, 6) is -2.26. The van der Waals surface area contributed by atoms with E-state index in [0.717, 1.165) is 24.3 Å². The summed E-state index contributed by atoms with van der Waals surface area (Å²) < 4.78 is 41.3. The number of ether oxygens (including phenoxy) is 1. The van der Waals surface area contributed by atoms with E-state index in [1.165, 1.54) is 0 Å². The zero-order valence-electron chi connectivity index (χ0n) is 12.3. The predicted octanol–water partition coefficient (Wildman–Crippen LogP) is 1.06. The van der Waals surface area contributed by atoms with Crippen molar-refractivity contribution in [2.24, 2.45) is 0 Å². The maximum Gasteiger partial charge on any atom is 0.307 e. The number of carbonyl (C=O) groups is 2. The largest absolute Gasteiger partial charge is 0.456 e. The minimum atomic E-state index is -3.70. The number of esters is 1. The number of amides is 1. The molecule has 0 unspecified atom stereocenters. The summed E-state index contributed by atoms with van der Waals surface area (Å²) in [6.07, 6.45) is -0.380. The Labute approximate surface area is 128 Å². The zero-order valence-corrected chi connectivity index (χ0v) is 13.2. The summed E-state index contributed by atoms with van der Waals surface area (Å²) in [7, 11) is -3.70. The van der Waals surface area contributed by atoms with Crippen molar-refractivity contribution in [2.75, 3.05) is 12.4 Å². The van der Waals surface area contributed by atoms with Crippen LogP contribution < -0.4 is 5.32 Å². The summed E-state index contributed by atoms with van der Waals surface area (Å²) in [6, 6.07) is 4.24. The summed E-state index contributed by atoms with van der Waals surface area (Å²) in [5, 5.41) is 2.53. The van der Waals surface area contributed by atoms with Gasteiger partial charge in [0.05, 0.1) is 17.1 Å². The molecular weight excluding hydrogens is 313 g/mol. The Hall–Kier alpha value is -1.96. The van der Waals surface area contributed by atoms with Gasteiger partial charge in [0.25, 0.3) is 5.91 Å². The molecule has 1 amide bonds. The molecule has 0 atom stereocenters. The number of halogens is 1. The van der Waals surface area contributed by atoms with Crippen LogP contribution in [-0.2, 0) is 24.2 Å². The first kappa shape index (κ1) is 18.1. The molecule has 0 saturated carbocycles. The summed E-state index contributed by atoms with van der Waals surface area (Å²) in [4.78, 5) is 22.6. The first-order valence-electron chi connectivity index (χ1n) is 6.64. The number of carbonyl (C=O) groups excluding carboxylic acids is 2. The molecule has 0 bridgehead atoms. The number of hydrogen-bond donors (Lipinski definition) is 1. The quantitative estimate of drug-likeness (QED) is 0.596. The fraction of sp³-hybridized carbons (Fsp3) is 0.429. The Bertz CT molecular complexity index is 625. The van der Waals surface area contributed by atoms with E-state index in [2.05, 4.69) is 10.1 Å². The van der Waals surface area contributed by atoms with Crippen molar-refractivity contribution in [2.45, 2.75) is 31.2 Å². The van der Waals surface area contributed by atoms with E-state index < -0.39 is 39.9 Å². The monoisotopic (exact) mass is 331 g/mol. The molecule has 0 radical (unpaired) electrons. The molecule has 8 heteroatoms. The van der Waals surface area contributed by atoms with E-state index in [1.54, 1.807) is 13.8 Å². The van der Waals surface area contributed by atoms with Crippen LogP contribution in [0.25, 0.3) is 0 Å². The van der Waals surface area contributed by atoms with Crippen molar-refractivity contribution in [1.29, 1.82) is 0 Å². The van der Waals surface area contributed by atoms with E-state index in [-0.39, 0.29) is 17.4 Å². The molecule has 0 saturated heterocycles. The van der Waals surface area contributed by atoms with Crippen LogP contribution in [0.5, 0.6) is 0 Å². The fourth-order valence-electron chi connectivity index (χ4n) is 1.56. The SMILES string of the molecule is CC(C)NC(=O)COC(=O)CCS(=O)(=O)c1ccc(F)cc1. The van der Waals surface area contributed by atoms with Crippen LogP contribution in [0.15, 0.2) is 29.2 Å². The molecule has 22 heavy (non-hydrogen) atoms. The summed E-state index contributed by atoms with van der Waals surface area (Å²) >= 11 is 0. The topological polar surface area (TPSA) is 89.5 Å². The average molecular weight is 331 g/mol. The van der Waals surface area contributed by atoms with Gasteiger partial charge in [-0.15, -0.1) is 0 Å². The lowest BCUT2D eigenvalue weighted by molar-refractivity contribution is -0.148. The number of nitrogens with one attached hydrogen (secondary N) is 1. The van der Waals surface area contributed by atoms with Crippen LogP contribution in [0.4, 0.5) is 4.39 Å². The Morgan fingerprint density at radius 1 is 1.23 bits per heavy atom. The minimum absolute atomic E-state index is 0.0701. The van der Waals surface area contributed by atoms with Crippen molar-refractivity contribution in [3.63, 3.8) is 0 Å². The van der Waals surface area contributed by atoms with E-state index in [1.807, 2.05) is 0 Å². The van der Waals surface area contributed by atoms with Crippen LogP contribution >= 0.6 is 0 Å². The third kappa shape index (κ3) is 6.21. The Morgan fingerprint density at radius 3 is 2.36 bits per heavy atom. The van der Waals surface area contributed by atoms with Gasteiger partial charge in [-0.1, -0.05) is 0 Å². The highest BCUT2D eigenvalue weighted by Gasteiger charge is 2.17.